The summed E-state index contributed by atoms with van der Waals surface area (Å²) in [4.78, 5) is 0. The molecule has 1 aliphatic carbocycles. The van der Waals surface area contributed by atoms with E-state index in [1.165, 1.54) is 0 Å². The molecule has 2 fully saturated rings. The van der Waals surface area contributed by atoms with Gasteiger partial charge >= 0.3 is 0 Å². The quantitative estimate of drug-likeness (QED) is 0.0671. The van der Waals surface area contributed by atoms with Crippen LogP contribution in [0.4, 0.5) is 0 Å². The second kappa shape index (κ2) is 23.9. The molecule has 0 spiro atoms. The summed E-state index contributed by atoms with van der Waals surface area (Å²) in [6.45, 7) is 1.20. The minimum Gasteiger partial charge on any atom is -0.387 e. The first-order valence-corrected chi connectivity index (χ1v) is 22.2. The fourth-order valence-corrected chi connectivity index (χ4v) is 8.25. The zero-order valence-electron chi connectivity index (χ0n) is 36.2. The van der Waals surface area contributed by atoms with Crippen molar-refractivity contribution >= 4 is 0 Å². The van der Waals surface area contributed by atoms with Gasteiger partial charge in [-0.2, -0.15) is 0 Å². The lowest BCUT2D eigenvalue weighted by atomic mass is 9.84. The van der Waals surface area contributed by atoms with Crippen LogP contribution in [0, 0.1) is 0 Å². The molecule has 1 saturated carbocycles. The predicted octanol–water partition coefficient (Wildman–Crippen LogP) is 7.34. The average molecular weight is 883 g/mol. The molecule has 2 aliphatic rings. The molecule has 1 saturated heterocycles. The minimum absolute atomic E-state index is 0.0795. The summed E-state index contributed by atoms with van der Waals surface area (Å²) in [5, 5.41) is 35.1. The molecule has 11 nitrogen and oxygen atoms in total. The summed E-state index contributed by atoms with van der Waals surface area (Å²) in [5.74, 6) is 0. The van der Waals surface area contributed by atoms with E-state index < -0.39 is 67.3 Å². The Labute approximate surface area is 381 Å². The molecule has 6 aromatic carbocycles. The fraction of sp³-hybridized carbons (Fsp3) is 0.333. The van der Waals surface area contributed by atoms with Gasteiger partial charge in [-0.05, 0) is 33.4 Å². The predicted molar refractivity (Wildman–Crippen MR) is 243 cm³/mol. The summed E-state index contributed by atoms with van der Waals surface area (Å²) >= 11 is 0. The fourth-order valence-electron chi connectivity index (χ4n) is 8.25. The van der Waals surface area contributed by atoms with E-state index in [4.69, 9.17) is 37.9 Å². The Morgan fingerprint density at radius 3 is 1.03 bits per heavy atom. The van der Waals surface area contributed by atoms with Gasteiger partial charge in [-0.25, -0.2) is 0 Å². The standard InChI is InChI=1S/C54H58O11/c55-45-46(56)49(60-33-40-23-11-3-12-24-40)52(62-35-42-27-15-5-16-28-42)50(47(45)57)65-54-53(63-36-43-29-17-6-18-30-43)51(61-34-41-25-13-4-14-26-41)48(59-32-39-21-9-2-10-22-39)44(64-54)37-58-31-38-19-7-1-8-20-38/h1-30,44-57H,31-37H2/t44-,45+,46-,47+,48+,49+,50-,51+,52-,53-,54-/m1/s1. The molecular formula is C54H58O11. The normalized spacial score (nSPS) is 26.7. The van der Waals surface area contributed by atoms with Crippen molar-refractivity contribution in [3.8, 4) is 0 Å². The van der Waals surface area contributed by atoms with Crippen LogP contribution < -0.4 is 0 Å². The zero-order chi connectivity index (χ0) is 44.6. The summed E-state index contributed by atoms with van der Waals surface area (Å²) in [6, 6.07) is 58.4. The largest absolute Gasteiger partial charge is 0.387 e. The van der Waals surface area contributed by atoms with Gasteiger partial charge < -0.3 is 53.2 Å². The Bertz CT molecular complexity index is 2220. The Kier molecular flexibility index (Phi) is 17.1. The second-order valence-electron chi connectivity index (χ2n) is 16.4. The van der Waals surface area contributed by atoms with E-state index in [-0.39, 0.29) is 39.6 Å². The molecular weight excluding hydrogens is 825 g/mol. The maximum Gasteiger partial charge on any atom is 0.187 e. The van der Waals surface area contributed by atoms with Crippen LogP contribution in [-0.2, 0) is 77.5 Å². The lowest BCUT2D eigenvalue weighted by Crippen LogP contribution is -2.68. The van der Waals surface area contributed by atoms with Crippen LogP contribution in [0.2, 0.25) is 0 Å². The monoisotopic (exact) mass is 882 g/mol. The highest BCUT2D eigenvalue weighted by Crippen LogP contribution is 2.36. The smallest absolute Gasteiger partial charge is 0.187 e. The average Bonchev–Trinajstić information content (AvgIpc) is 3.36. The second-order valence-corrected chi connectivity index (χ2v) is 16.4. The lowest BCUT2D eigenvalue weighted by Gasteiger charge is -2.50. The van der Waals surface area contributed by atoms with Crippen LogP contribution in [-0.4, -0.2) is 89.3 Å². The molecule has 65 heavy (non-hydrogen) atoms. The topological polar surface area (TPSA) is 135 Å². The SMILES string of the molecule is O[C@H]1[C@@H](O)[C@H](OCc2ccccc2)[C@@H](OCc2ccccc2)[C@H](O[C@H]2O[C@H](COCc3ccccc3)[C@H](OCc3ccccc3)[C@H](OCc3ccccc3)[C@H]2OCc2ccccc2)[C@H]1O. The number of hydrogen-bond donors (Lipinski definition) is 3. The van der Waals surface area contributed by atoms with E-state index in [2.05, 4.69) is 0 Å². The van der Waals surface area contributed by atoms with Gasteiger partial charge in [-0.1, -0.05) is 182 Å². The van der Waals surface area contributed by atoms with Gasteiger partial charge in [0.05, 0.1) is 46.2 Å². The van der Waals surface area contributed by atoms with Crippen LogP contribution in [0.15, 0.2) is 182 Å². The number of ether oxygens (including phenoxy) is 8. The van der Waals surface area contributed by atoms with E-state index in [9.17, 15) is 15.3 Å². The van der Waals surface area contributed by atoms with Gasteiger partial charge in [-0.3, -0.25) is 0 Å². The molecule has 1 heterocycles. The Morgan fingerprint density at radius 2 is 0.631 bits per heavy atom. The van der Waals surface area contributed by atoms with Gasteiger partial charge in [0.2, 0.25) is 0 Å². The van der Waals surface area contributed by atoms with Crippen LogP contribution in [0.1, 0.15) is 33.4 Å². The van der Waals surface area contributed by atoms with Crippen LogP contribution in [0.5, 0.6) is 0 Å². The molecule has 0 amide bonds. The van der Waals surface area contributed by atoms with Crippen LogP contribution in [0.25, 0.3) is 0 Å². The van der Waals surface area contributed by atoms with E-state index in [0.717, 1.165) is 33.4 Å². The highest BCUT2D eigenvalue weighted by atomic mass is 16.7. The number of benzene rings is 6. The summed E-state index contributed by atoms with van der Waals surface area (Å²) in [6.07, 6.45) is -12.9. The molecule has 8 rings (SSSR count). The molecule has 340 valence electrons. The summed E-state index contributed by atoms with van der Waals surface area (Å²) in [7, 11) is 0. The molecule has 0 aromatic heterocycles. The van der Waals surface area contributed by atoms with Gasteiger partial charge in [0.15, 0.2) is 6.29 Å². The molecule has 3 N–H and O–H groups in total. The molecule has 6 aromatic rings. The first-order valence-electron chi connectivity index (χ1n) is 22.2. The Hall–Kier alpha value is -5.12. The molecule has 0 unspecified atom stereocenters. The maximum absolute atomic E-state index is 12.0. The van der Waals surface area contributed by atoms with E-state index in [0.29, 0.717) is 6.61 Å². The van der Waals surface area contributed by atoms with E-state index >= 15 is 0 Å². The summed E-state index contributed by atoms with van der Waals surface area (Å²) in [5.41, 5.74) is 5.47. The van der Waals surface area contributed by atoms with Gasteiger partial charge in [-0.15, -0.1) is 0 Å². The molecule has 0 bridgehead atoms. The Morgan fingerprint density at radius 1 is 0.323 bits per heavy atom. The van der Waals surface area contributed by atoms with Crippen molar-refractivity contribution in [2.45, 2.75) is 107 Å². The van der Waals surface area contributed by atoms with Crippen molar-refractivity contribution in [2.24, 2.45) is 0 Å². The van der Waals surface area contributed by atoms with Crippen molar-refractivity contribution in [1.82, 2.24) is 0 Å². The third-order valence-corrected chi connectivity index (χ3v) is 11.7. The van der Waals surface area contributed by atoms with Crippen molar-refractivity contribution in [1.29, 1.82) is 0 Å². The Balaban J connectivity index is 1.16. The molecule has 0 radical (unpaired) electrons. The third-order valence-electron chi connectivity index (χ3n) is 11.7. The van der Waals surface area contributed by atoms with Gasteiger partial charge in [0.25, 0.3) is 0 Å². The first-order chi connectivity index (χ1) is 32.0. The van der Waals surface area contributed by atoms with Crippen molar-refractivity contribution in [3.05, 3.63) is 215 Å². The van der Waals surface area contributed by atoms with Crippen molar-refractivity contribution in [3.63, 3.8) is 0 Å². The van der Waals surface area contributed by atoms with E-state index in [1.807, 2.05) is 182 Å². The number of aliphatic hydroxyl groups is 3. The molecule has 1 aliphatic heterocycles. The van der Waals surface area contributed by atoms with Crippen molar-refractivity contribution in [2.75, 3.05) is 6.61 Å². The van der Waals surface area contributed by atoms with Gasteiger partial charge in [0.1, 0.15) is 61.0 Å². The summed E-state index contributed by atoms with van der Waals surface area (Å²) < 4.78 is 53.9. The van der Waals surface area contributed by atoms with E-state index in [1.54, 1.807) is 0 Å². The lowest BCUT2D eigenvalue weighted by molar-refractivity contribution is -0.360. The molecule has 11 atom stereocenters. The minimum atomic E-state index is -1.67. The zero-order valence-corrected chi connectivity index (χ0v) is 36.2. The van der Waals surface area contributed by atoms with Gasteiger partial charge in [0, 0.05) is 0 Å². The maximum atomic E-state index is 12.0. The van der Waals surface area contributed by atoms with Crippen LogP contribution in [0.3, 0.4) is 0 Å². The highest BCUT2D eigenvalue weighted by molar-refractivity contribution is 5.18. The number of rotatable bonds is 21. The third kappa shape index (κ3) is 12.8. The number of aliphatic hydroxyl groups excluding tert-OH is 3. The van der Waals surface area contributed by atoms with Crippen molar-refractivity contribution < 1.29 is 53.2 Å². The molecule has 11 heteroatoms. The van der Waals surface area contributed by atoms with Crippen LogP contribution >= 0.6 is 0 Å². The first kappa shape index (κ1) is 46.4. The number of hydrogen-bond acceptors (Lipinski definition) is 11. The highest BCUT2D eigenvalue weighted by Gasteiger charge is 2.56.